The first-order valence-electron chi connectivity index (χ1n) is 4.70. The lowest BCUT2D eigenvalue weighted by Crippen LogP contribution is -1.99. The summed E-state index contributed by atoms with van der Waals surface area (Å²) in [6, 6.07) is 3.06. The Kier molecular flexibility index (Phi) is 3.09. The van der Waals surface area contributed by atoms with Crippen LogP contribution in [-0.2, 0) is 11.2 Å². The number of hydrogen-bond acceptors (Lipinski definition) is 2. The van der Waals surface area contributed by atoms with Crippen molar-refractivity contribution in [3.05, 3.63) is 34.5 Å². The molecule has 1 heterocycles. The van der Waals surface area contributed by atoms with Crippen LogP contribution in [0, 0.1) is 0 Å². The van der Waals surface area contributed by atoms with Crippen LogP contribution in [0.15, 0.2) is 18.3 Å². The summed E-state index contributed by atoms with van der Waals surface area (Å²) in [5.41, 5.74) is 1.43. The summed E-state index contributed by atoms with van der Waals surface area (Å²) in [6.07, 6.45) is 1.45. The first kappa shape index (κ1) is 12.0. The maximum Gasteiger partial charge on any atom is 0.307 e. The van der Waals surface area contributed by atoms with Crippen LogP contribution in [0.25, 0.3) is 10.9 Å². The first-order valence-corrected chi connectivity index (χ1v) is 5.45. The van der Waals surface area contributed by atoms with Crippen molar-refractivity contribution in [2.45, 2.75) is 6.42 Å². The molecule has 0 amide bonds. The lowest BCUT2D eigenvalue weighted by atomic mass is 10.1. The Bertz CT molecular complexity index is 618. The number of H-pyrrole nitrogens is 1. The molecule has 0 aliphatic rings. The normalized spacial score (nSPS) is 10.7. The van der Waals surface area contributed by atoms with Crippen molar-refractivity contribution in [3.8, 4) is 0 Å². The molecule has 0 atom stereocenters. The predicted octanol–water partition coefficient (Wildman–Crippen LogP) is 2.83. The molecule has 0 fully saturated rings. The Hall–Kier alpha value is -1.52. The Morgan fingerprint density at radius 3 is 2.65 bits per heavy atom. The zero-order valence-electron chi connectivity index (χ0n) is 8.46. The van der Waals surface area contributed by atoms with Crippen molar-refractivity contribution >= 4 is 45.3 Å². The molecule has 0 spiro atoms. The van der Waals surface area contributed by atoms with Gasteiger partial charge in [0.05, 0.1) is 17.0 Å². The smallest absolute Gasteiger partial charge is 0.307 e. The quantitative estimate of drug-likeness (QED) is 0.844. The third-order valence-corrected chi connectivity index (χ3v) is 2.92. The number of carboxylic acids is 1. The first-order chi connectivity index (χ1) is 7.99. The summed E-state index contributed by atoms with van der Waals surface area (Å²) in [6.45, 7) is 0. The lowest BCUT2D eigenvalue weighted by Gasteiger charge is -2.00. The van der Waals surface area contributed by atoms with Gasteiger partial charge in [0.25, 0.3) is 5.24 Å². The number of carboxylic acid groups (broad SMARTS) is 1. The zero-order chi connectivity index (χ0) is 12.6. The summed E-state index contributed by atoms with van der Waals surface area (Å²) >= 11 is 11.3. The van der Waals surface area contributed by atoms with E-state index in [9.17, 15) is 9.59 Å². The minimum atomic E-state index is -0.945. The van der Waals surface area contributed by atoms with Crippen LogP contribution in [-0.4, -0.2) is 21.3 Å². The van der Waals surface area contributed by atoms with Crippen LogP contribution in [0.5, 0.6) is 0 Å². The van der Waals surface area contributed by atoms with Gasteiger partial charge in [0.1, 0.15) is 0 Å². The van der Waals surface area contributed by atoms with E-state index >= 15 is 0 Å². The minimum Gasteiger partial charge on any atom is -0.481 e. The van der Waals surface area contributed by atoms with Crippen molar-refractivity contribution in [2.24, 2.45) is 0 Å². The number of carbonyl (C=O) groups is 2. The number of rotatable bonds is 3. The maximum atomic E-state index is 11.1. The molecule has 88 valence electrons. The second kappa shape index (κ2) is 4.39. The molecule has 0 unspecified atom stereocenters. The van der Waals surface area contributed by atoms with Crippen LogP contribution in [0.2, 0.25) is 5.02 Å². The summed E-state index contributed by atoms with van der Waals surface area (Å²) < 4.78 is 0. The third kappa shape index (κ3) is 2.28. The molecule has 17 heavy (non-hydrogen) atoms. The number of fused-ring (bicyclic) bond motifs is 1. The summed E-state index contributed by atoms with van der Waals surface area (Å²) in [5, 5.41) is 8.95. The molecule has 2 aromatic rings. The number of aromatic amines is 1. The van der Waals surface area contributed by atoms with Gasteiger partial charge < -0.3 is 10.1 Å². The summed E-state index contributed by atoms with van der Waals surface area (Å²) in [4.78, 5) is 24.7. The number of aromatic nitrogens is 1. The summed E-state index contributed by atoms with van der Waals surface area (Å²) in [7, 11) is 0. The van der Waals surface area contributed by atoms with Gasteiger partial charge in [0.15, 0.2) is 0 Å². The van der Waals surface area contributed by atoms with E-state index in [1.54, 1.807) is 12.3 Å². The fourth-order valence-corrected chi connectivity index (χ4v) is 2.11. The van der Waals surface area contributed by atoms with Gasteiger partial charge in [-0.15, -0.1) is 0 Å². The van der Waals surface area contributed by atoms with Gasteiger partial charge in [-0.25, -0.2) is 0 Å². The number of nitrogens with one attached hydrogen (secondary N) is 1. The Balaban J connectivity index is 2.63. The maximum absolute atomic E-state index is 11.1. The molecule has 1 aromatic carbocycles. The molecule has 0 radical (unpaired) electrons. The molecular formula is C11H7Cl2NO3. The fraction of sp³-hybridized carbons (Fsp3) is 0.0909. The average Bonchev–Trinajstić information content (AvgIpc) is 2.58. The predicted molar refractivity (Wildman–Crippen MR) is 64.8 cm³/mol. The van der Waals surface area contributed by atoms with Gasteiger partial charge in [-0.3, -0.25) is 9.59 Å². The molecule has 6 heteroatoms. The molecule has 2 rings (SSSR count). The molecule has 0 saturated heterocycles. The molecule has 0 aliphatic carbocycles. The molecule has 0 aliphatic heterocycles. The van der Waals surface area contributed by atoms with Gasteiger partial charge in [0.2, 0.25) is 0 Å². The summed E-state index contributed by atoms with van der Waals surface area (Å²) in [5.74, 6) is -0.945. The van der Waals surface area contributed by atoms with Crippen molar-refractivity contribution in [1.29, 1.82) is 0 Å². The van der Waals surface area contributed by atoms with E-state index in [4.69, 9.17) is 28.3 Å². The van der Waals surface area contributed by atoms with Crippen LogP contribution in [0.3, 0.4) is 0 Å². The number of carbonyl (C=O) groups excluding carboxylic acids is 1. The van der Waals surface area contributed by atoms with Gasteiger partial charge in [-0.1, -0.05) is 11.6 Å². The highest BCUT2D eigenvalue weighted by molar-refractivity contribution is 6.68. The largest absolute Gasteiger partial charge is 0.481 e. The third-order valence-electron chi connectivity index (χ3n) is 2.41. The number of hydrogen-bond donors (Lipinski definition) is 2. The topological polar surface area (TPSA) is 70.2 Å². The monoisotopic (exact) mass is 271 g/mol. The molecule has 0 saturated carbocycles. The highest BCUT2D eigenvalue weighted by atomic mass is 35.5. The molecule has 2 N–H and O–H groups in total. The zero-order valence-corrected chi connectivity index (χ0v) is 9.97. The lowest BCUT2D eigenvalue weighted by molar-refractivity contribution is -0.136. The molecular weight excluding hydrogens is 265 g/mol. The van der Waals surface area contributed by atoms with E-state index in [1.807, 2.05) is 0 Å². The van der Waals surface area contributed by atoms with Gasteiger partial charge >= 0.3 is 5.97 Å². The number of aliphatic carboxylic acids is 1. The molecule has 1 aromatic heterocycles. The Morgan fingerprint density at radius 1 is 1.35 bits per heavy atom. The van der Waals surface area contributed by atoms with E-state index in [0.717, 1.165) is 0 Å². The Morgan fingerprint density at radius 2 is 2.06 bits per heavy atom. The van der Waals surface area contributed by atoms with E-state index in [-0.39, 0.29) is 17.0 Å². The van der Waals surface area contributed by atoms with E-state index in [1.165, 1.54) is 6.07 Å². The van der Waals surface area contributed by atoms with Crippen molar-refractivity contribution in [3.63, 3.8) is 0 Å². The van der Waals surface area contributed by atoms with Crippen molar-refractivity contribution < 1.29 is 14.7 Å². The molecule has 0 bridgehead atoms. The van der Waals surface area contributed by atoms with Gasteiger partial charge in [0, 0.05) is 17.1 Å². The van der Waals surface area contributed by atoms with Crippen LogP contribution >= 0.6 is 23.2 Å². The van der Waals surface area contributed by atoms with Gasteiger partial charge in [-0.2, -0.15) is 0 Å². The standard InChI is InChI=1S/C11H7Cl2NO3/c12-8-3-9-6(2-7(8)11(13)17)5(4-14-9)1-10(15)16/h2-4,14H,1H2,(H,15,16). The number of benzene rings is 1. The average molecular weight is 272 g/mol. The highest BCUT2D eigenvalue weighted by Crippen LogP contribution is 2.27. The van der Waals surface area contributed by atoms with Crippen molar-refractivity contribution in [2.75, 3.05) is 0 Å². The van der Waals surface area contributed by atoms with Crippen molar-refractivity contribution in [1.82, 2.24) is 4.98 Å². The highest BCUT2D eigenvalue weighted by Gasteiger charge is 2.13. The number of halogens is 2. The second-order valence-electron chi connectivity index (χ2n) is 3.54. The van der Waals surface area contributed by atoms with E-state index < -0.39 is 11.2 Å². The Labute approximate surface area is 106 Å². The van der Waals surface area contributed by atoms with Crippen LogP contribution in [0.4, 0.5) is 0 Å². The fourth-order valence-electron chi connectivity index (χ4n) is 1.66. The van der Waals surface area contributed by atoms with Gasteiger partial charge in [-0.05, 0) is 29.3 Å². The second-order valence-corrected chi connectivity index (χ2v) is 4.29. The van der Waals surface area contributed by atoms with E-state index in [0.29, 0.717) is 16.5 Å². The molecule has 4 nitrogen and oxygen atoms in total. The van der Waals surface area contributed by atoms with E-state index in [2.05, 4.69) is 4.98 Å². The minimum absolute atomic E-state index is 0.127. The van der Waals surface area contributed by atoms with Crippen LogP contribution < -0.4 is 0 Å². The van der Waals surface area contributed by atoms with Crippen LogP contribution in [0.1, 0.15) is 15.9 Å². The SMILES string of the molecule is O=C(O)Cc1c[nH]c2cc(Cl)c(C(=O)Cl)cc12.